The van der Waals surface area contributed by atoms with E-state index in [1.54, 1.807) is 5.32 Å². The standard InChI is InChI=1S/C19H11F8N7O5S/c20-11-5-8(17(21,22)18(23,24)19(25,26)27)7-28-14(11)29-15(37)10-6-9(34(38)39)1-2-12(10)40-16-30-31-32-33(16)4-3-13(35)36/h1-2,5-7H,3-4H2,(H,35,36)(H,28,29,37). The number of nitro benzene ring substituents is 1. The van der Waals surface area contributed by atoms with Crippen LogP contribution in [0.5, 0.6) is 0 Å². The Morgan fingerprint density at radius 3 is 2.38 bits per heavy atom. The molecule has 3 aromatic rings. The molecule has 0 fully saturated rings. The molecule has 0 bridgehead atoms. The van der Waals surface area contributed by atoms with E-state index in [9.17, 15) is 54.8 Å². The van der Waals surface area contributed by atoms with Gasteiger partial charge < -0.3 is 10.4 Å². The maximum absolute atomic E-state index is 14.4. The Morgan fingerprint density at radius 2 is 1.80 bits per heavy atom. The molecule has 0 unspecified atom stereocenters. The first-order chi connectivity index (χ1) is 18.5. The molecule has 1 aromatic carbocycles. The highest BCUT2D eigenvalue weighted by molar-refractivity contribution is 7.99. The smallest absolute Gasteiger partial charge is 0.460 e. The first-order valence-electron chi connectivity index (χ1n) is 10.2. The van der Waals surface area contributed by atoms with Gasteiger partial charge in [-0.3, -0.25) is 19.7 Å². The Balaban J connectivity index is 1.93. The number of alkyl halides is 7. The monoisotopic (exact) mass is 601 g/mol. The molecule has 0 spiro atoms. The third-order valence-electron chi connectivity index (χ3n) is 4.84. The van der Waals surface area contributed by atoms with Gasteiger partial charge in [0.15, 0.2) is 11.6 Å². The summed E-state index contributed by atoms with van der Waals surface area (Å²) in [5.41, 5.74) is -3.34. The van der Waals surface area contributed by atoms with Gasteiger partial charge in [0.2, 0.25) is 5.16 Å². The highest BCUT2D eigenvalue weighted by Gasteiger charge is 2.73. The fourth-order valence-electron chi connectivity index (χ4n) is 2.84. The summed E-state index contributed by atoms with van der Waals surface area (Å²) in [4.78, 5) is 36.8. The summed E-state index contributed by atoms with van der Waals surface area (Å²) in [6, 6.07) is 2.34. The zero-order valence-electron chi connectivity index (χ0n) is 19.0. The zero-order valence-corrected chi connectivity index (χ0v) is 19.8. The maximum atomic E-state index is 14.4. The number of carbonyl (C=O) groups is 2. The second kappa shape index (κ2) is 11.0. The Hall–Kier alpha value is -4.43. The van der Waals surface area contributed by atoms with E-state index in [0.29, 0.717) is 17.8 Å². The van der Waals surface area contributed by atoms with E-state index < -0.39 is 69.7 Å². The summed E-state index contributed by atoms with van der Waals surface area (Å²) >= 11 is 0.621. The first kappa shape index (κ1) is 30.1. The van der Waals surface area contributed by atoms with Crippen LogP contribution in [0, 0.1) is 15.9 Å². The minimum absolute atomic E-state index is 0.0781. The van der Waals surface area contributed by atoms with Gasteiger partial charge in [-0.25, -0.2) is 14.1 Å². The number of anilines is 1. The lowest BCUT2D eigenvalue weighted by atomic mass is 10.0. The quantitative estimate of drug-likeness (QED) is 0.195. The molecule has 0 aliphatic rings. The molecular weight excluding hydrogens is 590 g/mol. The van der Waals surface area contributed by atoms with E-state index in [2.05, 4.69) is 20.5 Å². The molecule has 12 nitrogen and oxygen atoms in total. The van der Waals surface area contributed by atoms with Gasteiger partial charge in [-0.2, -0.15) is 30.7 Å². The fourth-order valence-corrected chi connectivity index (χ4v) is 3.75. The lowest BCUT2D eigenvalue weighted by Gasteiger charge is -2.28. The molecule has 0 atom stereocenters. The molecule has 2 N–H and O–H groups in total. The number of benzene rings is 1. The van der Waals surface area contributed by atoms with Crippen LogP contribution in [0.25, 0.3) is 0 Å². The number of hydrogen-bond acceptors (Lipinski definition) is 9. The van der Waals surface area contributed by atoms with Crippen molar-refractivity contribution in [2.45, 2.75) is 41.0 Å². The number of carboxylic acids is 1. The number of nitro groups is 1. The van der Waals surface area contributed by atoms with Crippen molar-refractivity contribution >= 4 is 35.1 Å². The molecule has 21 heteroatoms. The van der Waals surface area contributed by atoms with Crippen molar-refractivity contribution in [3.63, 3.8) is 0 Å². The van der Waals surface area contributed by atoms with Crippen molar-refractivity contribution in [1.82, 2.24) is 25.2 Å². The largest absolute Gasteiger partial charge is 0.481 e. The van der Waals surface area contributed by atoms with Crippen LogP contribution in [-0.4, -0.2) is 59.2 Å². The molecule has 0 aliphatic carbocycles. The summed E-state index contributed by atoms with van der Waals surface area (Å²) in [5, 5.41) is 32.3. The van der Waals surface area contributed by atoms with E-state index in [4.69, 9.17) is 5.11 Å². The number of nitrogens with one attached hydrogen (secondary N) is 1. The molecule has 40 heavy (non-hydrogen) atoms. The molecule has 0 aliphatic heterocycles. The average Bonchev–Trinajstić information content (AvgIpc) is 3.29. The topological polar surface area (TPSA) is 166 Å². The minimum atomic E-state index is -6.69. The third-order valence-corrected chi connectivity index (χ3v) is 5.89. The van der Waals surface area contributed by atoms with Crippen molar-refractivity contribution in [3.8, 4) is 0 Å². The number of aliphatic carboxylic acids is 1. The van der Waals surface area contributed by atoms with Gasteiger partial charge >= 0.3 is 24.0 Å². The molecule has 0 radical (unpaired) electrons. The maximum Gasteiger partial charge on any atom is 0.460 e. The number of aromatic nitrogens is 5. The Bertz CT molecular complexity index is 1470. The molecule has 2 heterocycles. The number of non-ortho nitro benzene ring substituents is 1. The second-order valence-electron chi connectivity index (χ2n) is 7.52. The van der Waals surface area contributed by atoms with Crippen molar-refractivity contribution < 1.29 is 54.7 Å². The number of halogens is 8. The highest BCUT2D eigenvalue weighted by atomic mass is 32.2. The predicted molar refractivity (Wildman–Crippen MR) is 114 cm³/mol. The third kappa shape index (κ3) is 6.07. The molecule has 3 rings (SSSR count). The van der Waals surface area contributed by atoms with Crippen LogP contribution < -0.4 is 5.32 Å². The lowest BCUT2D eigenvalue weighted by molar-refractivity contribution is -0.384. The predicted octanol–water partition coefficient (Wildman–Crippen LogP) is 4.28. The Labute approximate surface area is 219 Å². The van der Waals surface area contributed by atoms with E-state index in [0.717, 1.165) is 16.8 Å². The van der Waals surface area contributed by atoms with E-state index >= 15 is 0 Å². The van der Waals surface area contributed by atoms with Gasteiger partial charge in [0.05, 0.1) is 23.5 Å². The van der Waals surface area contributed by atoms with Crippen LogP contribution in [0.4, 0.5) is 46.6 Å². The number of pyridine rings is 1. The second-order valence-corrected chi connectivity index (χ2v) is 8.53. The van der Waals surface area contributed by atoms with Crippen LogP contribution in [0.15, 0.2) is 40.5 Å². The van der Waals surface area contributed by atoms with E-state index in [1.165, 1.54) is 0 Å². The molecule has 2 aromatic heterocycles. The fraction of sp³-hybridized carbons (Fsp3) is 0.263. The van der Waals surface area contributed by atoms with Gasteiger partial charge in [0.1, 0.15) is 0 Å². The number of aryl methyl sites for hydroxylation is 1. The molecule has 0 saturated carbocycles. The van der Waals surface area contributed by atoms with E-state index in [1.807, 2.05) is 0 Å². The number of tetrazole rings is 1. The van der Waals surface area contributed by atoms with Crippen LogP contribution in [0.1, 0.15) is 22.3 Å². The summed E-state index contributed by atoms with van der Waals surface area (Å²) < 4.78 is 107. The highest BCUT2D eigenvalue weighted by Crippen LogP contribution is 2.51. The number of amides is 1. The van der Waals surface area contributed by atoms with Gasteiger partial charge in [-0.1, -0.05) is 0 Å². The van der Waals surface area contributed by atoms with Crippen molar-refractivity contribution in [2.75, 3.05) is 5.32 Å². The van der Waals surface area contributed by atoms with Gasteiger partial charge in [0, 0.05) is 28.8 Å². The zero-order chi connectivity index (χ0) is 30.0. The first-order valence-corrected chi connectivity index (χ1v) is 11.0. The van der Waals surface area contributed by atoms with E-state index in [-0.39, 0.29) is 28.9 Å². The van der Waals surface area contributed by atoms with Crippen LogP contribution in [0.3, 0.4) is 0 Å². The van der Waals surface area contributed by atoms with Crippen LogP contribution in [-0.2, 0) is 17.3 Å². The van der Waals surface area contributed by atoms with Gasteiger partial charge in [-0.05, 0) is 34.3 Å². The Morgan fingerprint density at radius 1 is 1.12 bits per heavy atom. The average molecular weight is 601 g/mol. The van der Waals surface area contributed by atoms with Gasteiger partial charge in [-0.15, -0.1) is 5.10 Å². The minimum Gasteiger partial charge on any atom is -0.481 e. The number of nitrogens with zero attached hydrogens (tertiary/aromatic N) is 6. The van der Waals surface area contributed by atoms with Crippen molar-refractivity contribution in [3.05, 3.63) is 57.5 Å². The number of hydrogen-bond donors (Lipinski definition) is 2. The summed E-state index contributed by atoms with van der Waals surface area (Å²) in [7, 11) is 0. The SMILES string of the molecule is O=C(O)CCn1nnnc1Sc1ccc([N+](=O)[O-])cc1C(=O)Nc1ncc(C(F)(F)C(F)(F)C(F)(F)F)cc1F. The van der Waals surface area contributed by atoms with Crippen molar-refractivity contribution in [1.29, 1.82) is 0 Å². The molecule has 214 valence electrons. The van der Waals surface area contributed by atoms with Crippen LogP contribution in [0.2, 0.25) is 0 Å². The summed E-state index contributed by atoms with van der Waals surface area (Å²) in [6.45, 7) is -0.210. The normalized spacial score (nSPS) is 12.3. The number of rotatable bonds is 10. The lowest BCUT2D eigenvalue weighted by Crippen LogP contribution is -2.50. The number of carboxylic acid groups (broad SMARTS) is 1. The Kier molecular flexibility index (Phi) is 8.27. The van der Waals surface area contributed by atoms with Crippen molar-refractivity contribution in [2.24, 2.45) is 0 Å². The summed E-state index contributed by atoms with van der Waals surface area (Å²) in [6.07, 6.45) is -7.30. The summed E-state index contributed by atoms with van der Waals surface area (Å²) in [5.74, 6) is -18.2. The molecular formula is C19H11F8N7O5S. The molecule has 0 saturated heterocycles. The van der Waals surface area contributed by atoms with Gasteiger partial charge in [0.25, 0.3) is 11.6 Å². The number of carbonyl (C=O) groups excluding carboxylic acids is 1. The van der Waals surface area contributed by atoms with Crippen LogP contribution >= 0.6 is 11.8 Å². The molecule has 1 amide bonds.